The van der Waals surface area contributed by atoms with E-state index in [1.807, 2.05) is 0 Å². The maximum absolute atomic E-state index is 13.3. The molecule has 5 rings (SSSR count). The number of carbonyl (C=O) groups excluding carboxylic acids is 1. The largest absolute Gasteiger partial charge is 0.417 e. The quantitative estimate of drug-likeness (QED) is 0.676. The molecule has 4 aliphatic rings. The summed E-state index contributed by atoms with van der Waals surface area (Å²) in [7, 11) is -4.58. The predicted molar refractivity (Wildman–Crippen MR) is 107 cm³/mol. The summed E-state index contributed by atoms with van der Waals surface area (Å²) in [6.07, 6.45) is -0.560. The highest BCUT2D eigenvalue weighted by atomic mass is 32.2. The van der Waals surface area contributed by atoms with Gasteiger partial charge in [-0.3, -0.25) is 4.79 Å². The van der Waals surface area contributed by atoms with Gasteiger partial charge in [-0.2, -0.15) is 17.9 Å². The molecular formula is C22H28F3NO4S. The van der Waals surface area contributed by atoms with Gasteiger partial charge in [0.2, 0.25) is 10.0 Å². The minimum Gasteiger partial charge on any atom is -0.390 e. The van der Waals surface area contributed by atoms with E-state index in [4.69, 9.17) is 0 Å². The molecule has 4 saturated carbocycles. The zero-order chi connectivity index (χ0) is 22.8. The molecule has 2 atom stereocenters. The van der Waals surface area contributed by atoms with Crippen molar-refractivity contribution in [1.82, 2.24) is 4.72 Å². The normalized spacial score (nSPS) is 33.0. The van der Waals surface area contributed by atoms with Crippen molar-refractivity contribution in [2.45, 2.75) is 74.6 Å². The Labute approximate surface area is 180 Å². The third kappa shape index (κ3) is 4.28. The first-order valence-electron chi connectivity index (χ1n) is 10.7. The fraction of sp³-hybridized carbons (Fsp3) is 0.682. The zero-order valence-corrected chi connectivity index (χ0v) is 18.4. The summed E-state index contributed by atoms with van der Waals surface area (Å²) >= 11 is 0. The molecule has 1 aromatic rings. The van der Waals surface area contributed by atoms with Crippen LogP contribution in [0.4, 0.5) is 13.2 Å². The van der Waals surface area contributed by atoms with Gasteiger partial charge in [0, 0.05) is 6.42 Å². The molecule has 4 bridgehead atoms. The van der Waals surface area contributed by atoms with E-state index >= 15 is 0 Å². The van der Waals surface area contributed by atoms with E-state index in [1.54, 1.807) is 0 Å². The van der Waals surface area contributed by atoms with Crippen molar-refractivity contribution in [2.75, 3.05) is 0 Å². The van der Waals surface area contributed by atoms with Crippen molar-refractivity contribution < 1.29 is 31.5 Å². The number of sulfonamides is 1. The van der Waals surface area contributed by atoms with E-state index < -0.39 is 37.8 Å². The van der Waals surface area contributed by atoms with Crippen molar-refractivity contribution in [2.24, 2.45) is 23.7 Å². The maximum atomic E-state index is 13.3. The van der Waals surface area contributed by atoms with E-state index in [-0.39, 0.29) is 30.0 Å². The van der Waals surface area contributed by atoms with Gasteiger partial charge >= 0.3 is 6.18 Å². The Morgan fingerprint density at radius 3 is 2.26 bits per heavy atom. The zero-order valence-electron chi connectivity index (χ0n) is 17.6. The van der Waals surface area contributed by atoms with Crippen LogP contribution in [0, 0.1) is 23.7 Å². The van der Waals surface area contributed by atoms with Crippen LogP contribution < -0.4 is 4.72 Å². The molecule has 9 heteroatoms. The summed E-state index contributed by atoms with van der Waals surface area (Å²) < 4.78 is 67.7. The third-order valence-electron chi connectivity index (χ3n) is 7.43. The van der Waals surface area contributed by atoms with Gasteiger partial charge in [-0.25, -0.2) is 8.42 Å². The summed E-state index contributed by atoms with van der Waals surface area (Å²) in [6.45, 7) is 2.79. The van der Waals surface area contributed by atoms with Crippen LogP contribution in [-0.2, 0) is 21.0 Å². The Morgan fingerprint density at radius 1 is 1.13 bits per heavy atom. The van der Waals surface area contributed by atoms with Crippen LogP contribution in [0.3, 0.4) is 0 Å². The molecule has 31 heavy (non-hydrogen) atoms. The molecule has 2 N–H and O–H groups in total. The van der Waals surface area contributed by atoms with Crippen molar-refractivity contribution in [3.05, 3.63) is 29.8 Å². The van der Waals surface area contributed by atoms with Gasteiger partial charge < -0.3 is 5.11 Å². The molecule has 0 radical (unpaired) electrons. The first kappa shape index (κ1) is 22.7. The number of carbonyl (C=O) groups is 1. The highest BCUT2D eigenvalue weighted by Gasteiger charge is 2.55. The molecule has 0 saturated heterocycles. The Morgan fingerprint density at radius 2 is 1.71 bits per heavy atom. The monoisotopic (exact) mass is 459 g/mol. The second-order valence-electron chi connectivity index (χ2n) is 10.2. The smallest absolute Gasteiger partial charge is 0.390 e. The van der Waals surface area contributed by atoms with Crippen molar-refractivity contribution in [3.63, 3.8) is 0 Å². The Hall–Kier alpha value is -1.45. The van der Waals surface area contributed by atoms with Crippen LogP contribution in [0.1, 0.15) is 57.9 Å². The number of aliphatic hydroxyl groups is 1. The summed E-state index contributed by atoms with van der Waals surface area (Å²) in [5, 5.41) is 10.7. The number of benzene rings is 1. The number of rotatable bonds is 6. The fourth-order valence-electron chi connectivity index (χ4n) is 6.27. The van der Waals surface area contributed by atoms with E-state index in [2.05, 4.69) is 4.72 Å². The van der Waals surface area contributed by atoms with Crippen LogP contribution in [0.5, 0.6) is 0 Å². The molecule has 0 amide bonds. The second kappa shape index (κ2) is 7.28. The third-order valence-corrected chi connectivity index (χ3v) is 9.14. The van der Waals surface area contributed by atoms with Crippen LogP contribution in [0.15, 0.2) is 29.2 Å². The molecule has 4 aliphatic carbocycles. The van der Waals surface area contributed by atoms with Gasteiger partial charge in [0.25, 0.3) is 0 Å². The van der Waals surface area contributed by atoms with Gasteiger partial charge in [0.15, 0.2) is 5.78 Å². The standard InChI is InChI=1S/C22H28F3NO4S/c1-20(2,26-31(29,30)18-6-4-3-5-17(18)22(23,24)25)19(27)9-16-14-7-13-8-15(16)12-21(28,10-13)11-14/h3-6,13-16,26,28H,7-12H2,1-2H3. The van der Waals surface area contributed by atoms with Crippen LogP contribution in [-0.4, -0.2) is 30.4 Å². The number of hydrogen-bond donors (Lipinski definition) is 2. The predicted octanol–water partition coefficient (Wildman–Crippen LogP) is 3.91. The second-order valence-corrected chi connectivity index (χ2v) is 11.9. The minimum atomic E-state index is -4.83. The molecule has 1 aromatic carbocycles. The van der Waals surface area contributed by atoms with E-state index in [9.17, 15) is 31.5 Å². The molecule has 4 fully saturated rings. The lowest BCUT2D eigenvalue weighted by Crippen LogP contribution is -2.56. The highest BCUT2D eigenvalue weighted by molar-refractivity contribution is 7.89. The fourth-order valence-corrected chi connectivity index (χ4v) is 7.90. The molecule has 0 heterocycles. The van der Waals surface area contributed by atoms with Crippen LogP contribution in [0.2, 0.25) is 0 Å². The SMILES string of the molecule is CC(C)(NS(=O)(=O)c1ccccc1C(F)(F)F)C(=O)CC1C2CC3CC1CC(O)(C3)C2. The molecule has 0 aromatic heterocycles. The first-order valence-corrected chi connectivity index (χ1v) is 12.1. The van der Waals surface area contributed by atoms with Gasteiger partial charge in [-0.05, 0) is 81.8 Å². The number of nitrogens with one attached hydrogen (secondary N) is 1. The van der Waals surface area contributed by atoms with Crippen LogP contribution >= 0.6 is 0 Å². The van der Waals surface area contributed by atoms with E-state index in [0.717, 1.165) is 31.4 Å². The summed E-state index contributed by atoms with van der Waals surface area (Å²) in [5.41, 5.74) is -3.45. The van der Waals surface area contributed by atoms with Gasteiger partial charge in [-0.15, -0.1) is 0 Å². The summed E-state index contributed by atoms with van der Waals surface area (Å²) in [4.78, 5) is 12.2. The molecule has 0 spiro atoms. The molecule has 2 unspecified atom stereocenters. The van der Waals surface area contributed by atoms with E-state index in [0.29, 0.717) is 24.8 Å². The lowest BCUT2D eigenvalue weighted by Gasteiger charge is -2.58. The lowest BCUT2D eigenvalue weighted by atomic mass is 9.49. The number of ketones is 1. The average molecular weight is 460 g/mol. The van der Waals surface area contributed by atoms with Gasteiger partial charge in [0.05, 0.1) is 21.6 Å². The summed E-state index contributed by atoms with van der Waals surface area (Å²) in [5.74, 6) is 0.692. The molecular weight excluding hydrogens is 431 g/mol. The number of halogens is 3. The average Bonchev–Trinajstić information content (AvgIpc) is 2.61. The molecule has 5 nitrogen and oxygen atoms in total. The van der Waals surface area contributed by atoms with Gasteiger partial charge in [0.1, 0.15) is 0 Å². The van der Waals surface area contributed by atoms with Crippen molar-refractivity contribution in [1.29, 1.82) is 0 Å². The number of Topliss-reactive ketones (excluding diaryl/α,β-unsaturated/α-hetero) is 1. The van der Waals surface area contributed by atoms with Crippen LogP contribution in [0.25, 0.3) is 0 Å². The first-order chi connectivity index (χ1) is 14.2. The van der Waals surface area contributed by atoms with Crippen molar-refractivity contribution in [3.8, 4) is 0 Å². The van der Waals surface area contributed by atoms with Gasteiger partial charge in [-0.1, -0.05) is 12.1 Å². The Balaban J connectivity index is 1.51. The lowest BCUT2D eigenvalue weighted by molar-refractivity contribution is -0.158. The Bertz CT molecular complexity index is 973. The van der Waals surface area contributed by atoms with E-state index in [1.165, 1.54) is 19.9 Å². The molecule has 172 valence electrons. The summed E-state index contributed by atoms with van der Waals surface area (Å²) in [6, 6.07) is 3.95. The maximum Gasteiger partial charge on any atom is 0.417 e. The Kier molecular flexibility index (Phi) is 5.34. The minimum absolute atomic E-state index is 0.0792. The number of alkyl halides is 3. The number of hydrogen-bond acceptors (Lipinski definition) is 4. The van der Waals surface area contributed by atoms with Crippen molar-refractivity contribution >= 4 is 15.8 Å². The highest BCUT2D eigenvalue weighted by Crippen LogP contribution is 2.59. The topological polar surface area (TPSA) is 83.5 Å². The molecule has 0 aliphatic heterocycles.